The van der Waals surface area contributed by atoms with E-state index in [1.54, 1.807) is 0 Å². The lowest BCUT2D eigenvalue weighted by atomic mass is 10.1. The molecule has 0 fully saturated rings. The average Bonchev–Trinajstić information content (AvgIpc) is 2.66. The van der Waals surface area contributed by atoms with Crippen LogP contribution in [0.4, 0.5) is 0 Å². The third-order valence-corrected chi connectivity index (χ3v) is 3.35. The van der Waals surface area contributed by atoms with Gasteiger partial charge in [-0.1, -0.05) is 23.8 Å². The number of aromatic nitrogens is 1. The van der Waals surface area contributed by atoms with Crippen molar-refractivity contribution >= 4 is 17.3 Å². The highest BCUT2D eigenvalue weighted by Crippen LogP contribution is 2.28. The molecule has 0 saturated heterocycles. The van der Waals surface area contributed by atoms with Crippen LogP contribution in [0, 0.1) is 13.8 Å². The van der Waals surface area contributed by atoms with Gasteiger partial charge in [0, 0.05) is 5.56 Å². The second-order valence-electron chi connectivity index (χ2n) is 3.65. The zero-order valence-electron chi connectivity index (χ0n) is 9.02. The molecule has 1 N–H and O–H groups in total. The van der Waals surface area contributed by atoms with Gasteiger partial charge in [0.15, 0.2) is 0 Å². The topological polar surface area (TPSA) is 50.2 Å². The lowest BCUT2D eigenvalue weighted by molar-refractivity contribution is 0.0702. The van der Waals surface area contributed by atoms with Crippen LogP contribution < -0.4 is 0 Å². The molecule has 0 bridgehead atoms. The van der Waals surface area contributed by atoms with Crippen LogP contribution in [0.2, 0.25) is 0 Å². The van der Waals surface area contributed by atoms with Gasteiger partial charge in [0.1, 0.15) is 9.88 Å². The van der Waals surface area contributed by atoms with Crippen molar-refractivity contribution in [3.05, 3.63) is 40.4 Å². The van der Waals surface area contributed by atoms with Crippen LogP contribution in [-0.2, 0) is 0 Å². The zero-order valence-corrected chi connectivity index (χ0v) is 9.84. The summed E-state index contributed by atoms with van der Waals surface area (Å²) in [4.78, 5) is 15.2. The van der Waals surface area contributed by atoms with E-state index in [1.165, 1.54) is 23.1 Å². The molecule has 1 aromatic carbocycles. The zero-order chi connectivity index (χ0) is 11.7. The number of aromatic carboxylic acids is 1. The number of benzene rings is 1. The maximum absolute atomic E-state index is 10.8. The van der Waals surface area contributed by atoms with Crippen molar-refractivity contribution in [3.63, 3.8) is 0 Å². The van der Waals surface area contributed by atoms with E-state index in [4.69, 9.17) is 5.11 Å². The molecule has 0 aliphatic rings. The number of rotatable bonds is 2. The number of aryl methyl sites for hydroxylation is 2. The van der Waals surface area contributed by atoms with Gasteiger partial charge >= 0.3 is 5.97 Å². The molecule has 0 atom stereocenters. The highest BCUT2D eigenvalue weighted by molar-refractivity contribution is 7.16. The Balaban J connectivity index is 2.46. The molecule has 0 spiro atoms. The van der Waals surface area contributed by atoms with Crippen LogP contribution in [0.5, 0.6) is 0 Å². The Labute approximate surface area is 97.4 Å². The van der Waals surface area contributed by atoms with E-state index in [1.807, 2.05) is 26.0 Å². The van der Waals surface area contributed by atoms with Crippen LogP contribution >= 0.6 is 11.3 Å². The second kappa shape index (κ2) is 4.06. The summed E-state index contributed by atoms with van der Waals surface area (Å²) in [5.74, 6) is -0.923. The summed E-state index contributed by atoms with van der Waals surface area (Å²) in [6.45, 7) is 4.03. The molecule has 82 valence electrons. The van der Waals surface area contributed by atoms with E-state index in [0.717, 1.165) is 16.1 Å². The molecule has 0 aliphatic carbocycles. The first kappa shape index (κ1) is 10.8. The Morgan fingerprint density at radius 1 is 1.38 bits per heavy atom. The lowest BCUT2D eigenvalue weighted by Gasteiger charge is -2.02. The van der Waals surface area contributed by atoms with E-state index in [0.29, 0.717) is 0 Å². The third-order valence-electron chi connectivity index (χ3n) is 2.33. The van der Waals surface area contributed by atoms with E-state index in [9.17, 15) is 4.79 Å². The number of thiazole rings is 1. The molecular weight excluding hydrogens is 222 g/mol. The van der Waals surface area contributed by atoms with Crippen LogP contribution in [0.15, 0.2) is 24.4 Å². The Morgan fingerprint density at radius 3 is 2.69 bits per heavy atom. The summed E-state index contributed by atoms with van der Waals surface area (Å²) < 4.78 is 0. The number of hydrogen-bond donors (Lipinski definition) is 1. The molecule has 0 aliphatic heterocycles. The number of hydrogen-bond acceptors (Lipinski definition) is 3. The van der Waals surface area contributed by atoms with Crippen molar-refractivity contribution in [2.24, 2.45) is 0 Å². The minimum atomic E-state index is -0.923. The highest BCUT2D eigenvalue weighted by atomic mass is 32.1. The number of nitrogens with zero attached hydrogens (tertiary/aromatic N) is 1. The summed E-state index contributed by atoms with van der Waals surface area (Å²) in [7, 11) is 0. The smallest absolute Gasteiger partial charge is 0.347 e. The predicted molar refractivity (Wildman–Crippen MR) is 64.0 cm³/mol. The minimum Gasteiger partial charge on any atom is -0.477 e. The fourth-order valence-corrected chi connectivity index (χ4v) is 2.40. The molecule has 0 amide bonds. The van der Waals surface area contributed by atoms with Crippen molar-refractivity contribution < 1.29 is 9.90 Å². The van der Waals surface area contributed by atoms with Crippen molar-refractivity contribution in [2.45, 2.75) is 13.8 Å². The summed E-state index contributed by atoms with van der Waals surface area (Å²) >= 11 is 1.20. The molecule has 1 aromatic heterocycles. The van der Waals surface area contributed by atoms with Crippen LogP contribution in [0.1, 0.15) is 20.8 Å². The molecular formula is C12H11NO2S. The molecule has 0 radical (unpaired) electrons. The second-order valence-corrected chi connectivity index (χ2v) is 4.68. The van der Waals surface area contributed by atoms with Gasteiger partial charge < -0.3 is 5.11 Å². The monoisotopic (exact) mass is 233 g/mol. The summed E-state index contributed by atoms with van der Waals surface area (Å²) in [6, 6.07) is 6.05. The molecule has 16 heavy (non-hydrogen) atoms. The highest BCUT2D eigenvalue weighted by Gasteiger charge is 2.11. The molecule has 4 heteroatoms. The predicted octanol–water partition coefficient (Wildman–Crippen LogP) is 3.13. The summed E-state index contributed by atoms with van der Waals surface area (Å²) in [5.41, 5.74) is 3.31. The largest absolute Gasteiger partial charge is 0.477 e. The standard InChI is InChI=1S/C12H11NO2S/c1-7-3-4-9(8(2)5-7)11-13-6-10(16-11)12(14)15/h3-6H,1-2H3,(H,14,15). The van der Waals surface area contributed by atoms with E-state index < -0.39 is 5.97 Å². The molecule has 1 heterocycles. The van der Waals surface area contributed by atoms with Crippen LogP contribution in [0.25, 0.3) is 10.6 Å². The Hall–Kier alpha value is -1.68. The van der Waals surface area contributed by atoms with Gasteiger partial charge in [-0.2, -0.15) is 0 Å². The maximum atomic E-state index is 10.8. The van der Waals surface area contributed by atoms with Gasteiger partial charge in [-0.15, -0.1) is 11.3 Å². The maximum Gasteiger partial charge on any atom is 0.347 e. The first-order chi connectivity index (χ1) is 7.58. The quantitative estimate of drug-likeness (QED) is 0.867. The summed E-state index contributed by atoms with van der Waals surface area (Å²) in [6.07, 6.45) is 1.40. The van der Waals surface area contributed by atoms with Crippen molar-refractivity contribution in [3.8, 4) is 10.6 Å². The molecule has 0 unspecified atom stereocenters. The van der Waals surface area contributed by atoms with E-state index in [2.05, 4.69) is 11.1 Å². The van der Waals surface area contributed by atoms with Gasteiger partial charge in [0.2, 0.25) is 0 Å². The molecule has 0 saturated carbocycles. The molecule has 2 rings (SSSR count). The summed E-state index contributed by atoms with van der Waals surface area (Å²) in [5, 5.41) is 9.59. The first-order valence-electron chi connectivity index (χ1n) is 4.84. The fourth-order valence-electron chi connectivity index (χ4n) is 1.55. The van der Waals surface area contributed by atoms with Gasteiger partial charge in [-0.25, -0.2) is 9.78 Å². The van der Waals surface area contributed by atoms with Gasteiger partial charge in [0.25, 0.3) is 0 Å². The third kappa shape index (κ3) is 1.97. The van der Waals surface area contributed by atoms with Crippen molar-refractivity contribution in [2.75, 3.05) is 0 Å². The average molecular weight is 233 g/mol. The van der Waals surface area contributed by atoms with Crippen molar-refractivity contribution in [1.29, 1.82) is 0 Å². The fraction of sp³-hybridized carbons (Fsp3) is 0.167. The number of carbonyl (C=O) groups is 1. The van der Waals surface area contributed by atoms with Crippen molar-refractivity contribution in [1.82, 2.24) is 4.98 Å². The van der Waals surface area contributed by atoms with Gasteiger partial charge in [-0.05, 0) is 19.4 Å². The Morgan fingerprint density at radius 2 is 2.12 bits per heavy atom. The Kier molecular flexibility index (Phi) is 2.75. The normalized spacial score (nSPS) is 10.4. The number of carboxylic acids is 1. The minimum absolute atomic E-state index is 0.273. The SMILES string of the molecule is Cc1ccc(-c2ncc(C(=O)O)s2)c(C)c1. The van der Waals surface area contributed by atoms with Gasteiger partial charge in [-0.3, -0.25) is 0 Å². The van der Waals surface area contributed by atoms with E-state index >= 15 is 0 Å². The Bertz CT molecular complexity index is 546. The van der Waals surface area contributed by atoms with Crippen LogP contribution in [0.3, 0.4) is 0 Å². The molecule has 2 aromatic rings. The molecule has 3 nitrogen and oxygen atoms in total. The van der Waals surface area contributed by atoms with E-state index in [-0.39, 0.29) is 4.88 Å². The first-order valence-corrected chi connectivity index (χ1v) is 5.66. The number of carboxylic acid groups (broad SMARTS) is 1. The lowest BCUT2D eigenvalue weighted by Crippen LogP contribution is -1.89. The van der Waals surface area contributed by atoms with Crippen LogP contribution in [-0.4, -0.2) is 16.1 Å². The van der Waals surface area contributed by atoms with Gasteiger partial charge in [0.05, 0.1) is 6.20 Å².